The molecule has 0 aliphatic rings. The Hall–Kier alpha value is -2.76. The molecule has 0 aliphatic heterocycles. The molecular formula is C14H16N4O2. The molecule has 104 valence electrons. The highest BCUT2D eigenvalue weighted by atomic mass is 16.5. The van der Waals surface area contributed by atoms with Gasteiger partial charge in [-0.3, -0.25) is 4.79 Å². The van der Waals surface area contributed by atoms with E-state index in [2.05, 4.69) is 10.3 Å². The molecule has 20 heavy (non-hydrogen) atoms. The number of primary amides is 1. The van der Waals surface area contributed by atoms with Crippen LogP contribution in [0, 0.1) is 0 Å². The van der Waals surface area contributed by atoms with E-state index in [4.69, 9.17) is 16.2 Å². The molecule has 0 saturated heterocycles. The summed E-state index contributed by atoms with van der Waals surface area (Å²) >= 11 is 0. The number of benzene rings is 1. The average molecular weight is 272 g/mol. The molecule has 0 saturated carbocycles. The zero-order valence-corrected chi connectivity index (χ0v) is 11.1. The van der Waals surface area contributed by atoms with Crippen LogP contribution in [-0.4, -0.2) is 18.0 Å². The van der Waals surface area contributed by atoms with E-state index in [1.165, 1.54) is 0 Å². The highest BCUT2D eigenvalue weighted by Gasteiger charge is 2.10. The third-order valence-electron chi connectivity index (χ3n) is 2.84. The Balaban J connectivity index is 2.20. The maximum atomic E-state index is 11.4. The summed E-state index contributed by atoms with van der Waals surface area (Å²) in [6.07, 6.45) is 1.65. The predicted octanol–water partition coefficient (Wildman–Crippen LogP) is 1.38. The molecule has 0 atom stereocenters. The normalized spacial score (nSPS) is 10.1. The van der Waals surface area contributed by atoms with Gasteiger partial charge in [-0.05, 0) is 23.8 Å². The van der Waals surface area contributed by atoms with Crippen LogP contribution in [-0.2, 0) is 6.54 Å². The van der Waals surface area contributed by atoms with Crippen molar-refractivity contribution in [2.45, 2.75) is 6.54 Å². The lowest BCUT2D eigenvalue weighted by Gasteiger charge is -2.13. The number of ether oxygens (including phenoxy) is 1. The summed E-state index contributed by atoms with van der Waals surface area (Å²) in [6.45, 7) is 0.480. The molecule has 0 fully saturated rings. The van der Waals surface area contributed by atoms with Crippen LogP contribution >= 0.6 is 0 Å². The van der Waals surface area contributed by atoms with Gasteiger partial charge < -0.3 is 21.5 Å². The van der Waals surface area contributed by atoms with Gasteiger partial charge in [-0.2, -0.15) is 0 Å². The number of nitrogens with zero attached hydrogens (tertiary/aromatic N) is 1. The van der Waals surface area contributed by atoms with Gasteiger partial charge in [-0.15, -0.1) is 0 Å². The first kappa shape index (κ1) is 13.7. The van der Waals surface area contributed by atoms with Crippen molar-refractivity contribution >= 4 is 17.3 Å². The van der Waals surface area contributed by atoms with Gasteiger partial charge in [-0.1, -0.05) is 6.07 Å². The quantitative estimate of drug-likeness (QED) is 0.713. The first-order valence-corrected chi connectivity index (χ1v) is 6.03. The van der Waals surface area contributed by atoms with E-state index in [-0.39, 0.29) is 0 Å². The van der Waals surface area contributed by atoms with Crippen molar-refractivity contribution in [3.05, 3.63) is 47.7 Å². The molecule has 1 aromatic carbocycles. The minimum atomic E-state index is -0.521. The van der Waals surface area contributed by atoms with Crippen molar-refractivity contribution in [2.75, 3.05) is 18.2 Å². The van der Waals surface area contributed by atoms with Gasteiger partial charge in [0.05, 0.1) is 24.0 Å². The van der Waals surface area contributed by atoms with Gasteiger partial charge >= 0.3 is 0 Å². The zero-order chi connectivity index (χ0) is 14.5. The van der Waals surface area contributed by atoms with Crippen molar-refractivity contribution in [1.82, 2.24) is 4.98 Å². The van der Waals surface area contributed by atoms with Crippen molar-refractivity contribution in [1.29, 1.82) is 0 Å². The predicted molar refractivity (Wildman–Crippen MR) is 77.5 cm³/mol. The number of carbonyl (C=O) groups excluding carboxylic acids is 1. The van der Waals surface area contributed by atoms with Gasteiger partial charge in [0, 0.05) is 18.8 Å². The minimum absolute atomic E-state index is 0.367. The number of nitrogens with one attached hydrogen (secondary N) is 1. The Morgan fingerprint density at radius 2 is 2.20 bits per heavy atom. The van der Waals surface area contributed by atoms with Crippen LogP contribution in [0.2, 0.25) is 0 Å². The molecule has 6 nitrogen and oxygen atoms in total. The Labute approximate surface area is 116 Å². The second-order valence-corrected chi connectivity index (χ2v) is 4.19. The summed E-state index contributed by atoms with van der Waals surface area (Å²) < 4.78 is 5.05. The van der Waals surface area contributed by atoms with Crippen LogP contribution < -0.4 is 21.5 Å². The Morgan fingerprint density at radius 1 is 1.40 bits per heavy atom. The second-order valence-electron chi connectivity index (χ2n) is 4.19. The van der Waals surface area contributed by atoms with Crippen LogP contribution in [0.5, 0.6) is 5.88 Å². The van der Waals surface area contributed by atoms with Gasteiger partial charge in [0.25, 0.3) is 5.91 Å². The summed E-state index contributed by atoms with van der Waals surface area (Å²) in [6, 6.07) is 8.68. The van der Waals surface area contributed by atoms with Crippen LogP contribution in [0.4, 0.5) is 11.4 Å². The topological polar surface area (TPSA) is 103 Å². The maximum absolute atomic E-state index is 11.4. The smallest absolute Gasteiger partial charge is 0.250 e. The SMILES string of the molecule is COc1cc(CNc2c(N)cccc2C(N)=O)ccn1. The van der Waals surface area contributed by atoms with Crippen molar-refractivity contribution in [3.63, 3.8) is 0 Å². The number of rotatable bonds is 5. The van der Waals surface area contributed by atoms with E-state index >= 15 is 0 Å². The maximum Gasteiger partial charge on any atom is 0.250 e. The number of carbonyl (C=O) groups is 1. The van der Waals surface area contributed by atoms with Gasteiger partial charge in [-0.25, -0.2) is 4.98 Å². The minimum Gasteiger partial charge on any atom is -0.481 e. The van der Waals surface area contributed by atoms with E-state index in [1.54, 1.807) is 37.6 Å². The number of hydrogen-bond donors (Lipinski definition) is 3. The molecule has 5 N–H and O–H groups in total. The van der Waals surface area contributed by atoms with Crippen LogP contribution in [0.1, 0.15) is 15.9 Å². The molecule has 1 aromatic heterocycles. The molecule has 0 radical (unpaired) electrons. The summed E-state index contributed by atoms with van der Waals surface area (Å²) in [5, 5.41) is 3.12. The lowest BCUT2D eigenvalue weighted by Crippen LogP contribution is -2.15. The van der Waals surface area contributed by atoms with E-state index in [0.717, 1.165) is 5.56 Å². The Kier molecular flexibility index (Phi) is 4.05. The fourth-order valence-corrected chi connectivity index (χ4v) is 1.84. The summed E-state index contributed by atoms with van der Waals surface area (Å²) in [5.41, 5.74) is 13.5. The number of hydrogen-bond acceptors (Lipinski definition) is 5. The van der Waals surface area contributed by atoms with Crippen molar-refractivity contribution < 1.29 is 9.53 Å². The Bertz CT molecular complexity index is 628. The number of nitrogen functional groups attached to an aromatic ring is 1. The van der Waals surface area contributed by atoms with E-state index in [1.807, 2.05) is 6.07 Å². The number of aromatic nitrogens is 1. The number of para-hydroxylation sites is 1. The second kappa shape index (κ2) is 5.92. The number of pyridine rings is 1. The lowest BCUT2D eigenvalue weighted by atomic mass is 10.1. The Morgan fingerprint density at radius 3 is 2.90 bits per heavy atom. The molecular weight excluding hydrogens is 256 g/mol. The molecule has 1 heterocycles. The zero-order valence-electron chi connectivity index (χ0n) is 11.1. The van der Waals surface area contributed by atoms with Crippen molar-refractivity contribution in [3.8, 4) is 5.88 Å². The summed E-state index contributed by atoms with van der Waals surface area (Å²) in [4.78, 5) is 15.4. The van der Waals surface area contributed by atoms with Crippen LogP contribution in [0.25, 0.3) is 0 Å². The third-order valence-corrected chi connectivity index (χ3v) is 2.84. The molecule has 2 rings (SSSR count). The molecule has 0 aliphatic carbocycles. The summed E-state index contributed by atoms with van der Waals surface area (Å²) in [5.74, 6) is 0.00701. The standard InChI is InChI=1S/C14H16N4O2/c1-20-12-7-9(5-6-17-12)8-18-13-10(14(16)19)3-2-4-11(13)15/h2-7,18H,8,15H2,1H3,(H2,16,19). The number of anilines is 2. The number of nitrogens with two attached hydrogens (primary N) is 2. The van der Waals surface area contributed by atoms with Gasteiger partial charge in [0.2, 0.25) is 5.88 Å². The first-order valence-electron chi connectivity index (χ1n) is 6.03. The molecule has 1 amide bonds. The largest absolute Gasteiger partial charge is 0.481 e. The molecule has 0 bridgehead atoms. The number of methoxy groups -OCH3 is 1. The van der Waals surface area contributed by atoms with Gasteiger partial charge in [0.15, 0.2) is 0 Å². The first-order chi connectivity index (χ1) is 9.61. The van der Waals surface area contributed by atoms with Gasteiger partial charge in [0.1, 0.15) is 0 Å². The van der Waals surface area contributed by atoms with Crippen LogP contribution in [0.3, 0.4) is 0 Å². The fraction of sp³-hybridized carbons (Fsp3) is 0.143. The van der Waals surface area contributed by atoms with Crippen molar-refractivity contribution in [2.24, 2.45) is 5.73 Å². The fourth-order valence-electron chi connectivity index (χ4n) is 1.84. The average Bonchev–Trinajstić information content (AvgIpc) is 2.45. The van der Waals surface area contributed by atoms with E-state index in [0.29, 0.717) is 29.4 Å². The van der Waals surface area contributed by atoms with Crippen LogP contribution in [0.15, 0.2) is 36.5 Å². The van der Waals surface area contributed by atoms with E-state index < -0.39 is 5.91 Å². The third kappa shape index (κ3) is 2.97. The number of amides is 1. The molecule has 2 aromatic rings. The molecule has 6 heteroatoms. The lowest BCUT2D eigenvalue weighted by molar-refractivity contribution is 0.100. The summed E-state index contributed by atoms with van der Waals surface area (Å²) in [7, 11) is 1.56. The molecule has 0 unspecified atom stereocenters. The highest BCUT2D eigenvalue weighted by molar-refractivity contribution is 6.01. The monoisotopic (exact) mass is 272 g/mol. The highest BCUT2D eigenvalue weighted by Crippen LogP contribution is 2.24. The van der Waals surface area contributed by atoms with E-state index in [9.17, 15) is 4.79 Å². The molecule has 0 spiro atoms.